The van der Waals surface area contributed by atoms with Crippen LogP contribution < -0.4 is 21.3 Å². The zero-order chi connectivity index (χ0) is 21.4. The van der Waals surface area contributed by atoms with Crippen molar-refractivity contribution in [1.82, 2.24) is 9.13 Å². The monoisotopic (exact) mass is 470 g/mol. The fraction of sp³-hybridized carbons (Fsp3) is 0.318. The number of hydrogen-bond donors (Lipinski definition) is 1. The summed E-state index contributed by atoms with van der Waals surface area (Å²) in [5, 5.41) is 3.02. The molecule has 1 aliphatic heterocycles. The van der Waals surface area contributed by atoms with Crippen LogP contribution in [0.15, 0.2) is 50.5 Å². The number of fused-ring (bicyclic) bond motifs is 1. The Hall–Kier alpha value is -2.87. The van der Waals surface area contributed by atoms with Gasteiger partial charge in [-0.25, -0.2) is 0 Å². The summed E-state index contributed by atoms with van der Waals surface area (Å²) < 4.78 is 3.62. The molecule has 1 N–H and O–H groups in total. The maximum atomic E-state index is 12.9. The van der Waals surface area contributed by atoms with Gasteiger partial charge in [0.2, 0.25) is 0 Å². The van der Waals surface area contributed by atoms with Gasteiger partial charge in [0, 0.05) is 37.2 Å². The Morgan fingerprint density at radius 2 is 1.47 bits per heavy atom. The summed E-state index contributed by atoms with van der Waals surface area (Å²) in [5.74, 6) is -0.227. The van der Waals surface area contributed by atoms with E-state index in [1.165, 1.54) is 15.6 Å². The third kappa shape index (κ3) is 3.67. The van der Waals surface area contributed by atoms with E-state index in [1.807, 2.05) is 18.2 Å². The first-order valence-electron chi connectivity index (χ1n) is 9.92. The summed E-state index contributed by atoms with van der Waals surface area (Å²) in [6.45, 7) is 1.76. The molecule has 0 bridgehead atoms. The number of amides is 1. The first-order valence-corrected chi connectivity index (χ1v) is 10.7. The van der Waals surface area contributed by atoms with Gasteiger partial charge in [-0.1, -0.05) is 15.9 Å². The molecule has 0 atom stereocenters. The molecule has 30 heavy (non-hydrogen) atoms. The van der Waals surface area contributed by atoms with Gasteiger partial charge < -0.3 is 19.4 Å². The summed E-state index contributed by atoms with van der Waals surface area (Å²) in [6, 6.07) is 10.8. The number of carbonyl (C=O) groups excluding carboxylic acids is 1. The smallest absolute Gasteiger partial charge is 0.316 e. The molecule has 1 aliphatic rings. The van der Waals surface area contributed by atoms with Crippen LogP contribution in [0.5, 0.6) is 0 Å². The number of benzene rings is 2. The summed E-state index contributed by atoms with van der Waals surface area (Å²) in [4.78, 5) is 39.7. The Kier molecular flexibility index (Phi) is 5.51. The minimum atomic E-state index is -0.596. The molecule has 156 valence electrons. The third-order valence-electron chi connectivity index (χ3n) is 5.66. The van der Waals surface area contributed by atoms with Gasteiger partial charge in [-0.2, -0.15) is 0 Å². The van der Waals surface area contributed by atoms with Crippen LogP contribution in [-0.2, 0) is 14.1 Å². The molecule has 1 saturated heterocycles. The van der Waals surface area contributed by atoms with E-state index in [9.17, 15) is 14.4 Å². The molecule has 1 amide bonds. The molecule has 3 aromatic rings. The van der Waals surface area contributed by atoms with E-state index in [1.54, 1.807) is 32.3 Å². The number of aromatic nitrogens is 2. The van der Waals surface area contributed by atoms with Crippen LogP contribution in [0.25, 0.3) is 11.0 Å². The van der Waals surface area contributed by atoms with E-state index in [0.29, 0.717) is 22.3 Å². The number of nitrogens with one attached hydrogen (secondary N) is 1. The molecule has 1 aromatic heterocycles. The summed E-state index contributed by atoms with van der Waals surface area (Å²) >= 11 is 3.38. The largest absolute Gasteiger partial charge is 0.370 e. The predicted octanol–water partition coefficient (Wildman–Crippen LogP) is 3.24. The molecule has 4 rings (SSSR count). The highest BCUT2D eigenvalue weighted by molar-refractivity contribution is 9.10. The van der Waals surface area contributed by atoms with Crippen molar-refractivity contribution in [2.45, 2.75) is 19.3 Å². The van der Waals surface area contributed by atoms with Crippen molar-refractivity contribution < 1.29 is 4.79 Å². The second kappa shape index (κ2) is 8.10. The fourth-order valence-electron chi connectivity index (χ4n) is 3.90. The third-order valence-corrected chi connectivity index (χ3v) is 6.19. The molecule has 0 unspecified atom stereocenters. The van der Waals surface area contributed by atoms with E-state index in [2.05, 4.69) is 26.1 Å². The van der Waals surface area contributed by atoms with Crippen molar-refractivity contribution in [3.05, 3.63) is 67.1 Å². The van der Waals surface area contributed by atoms with Gasteiger partial charge in [0.15, 0.2) is 0 Å². The van der Waals surface area contributed by atoms with Crippen LogP contribution in [0, 0.1) is 0 Å². The highest BCUT2D eigenvalue weighted by atomic mass is 79.9. The first-order chi connectivity index (χ1) is 14.4. The van der Waals surface area contributed by atoms with Crippen LogP contribution in [-0.4, -0.2) is 28.1 Å². The van der Waals surface area contributed by atoms with Gasteiger partial charge in [0.25, 0.3) is 5.91 Å². The van der Waals surface area contributed by atoms with E-state index < -0.39 is 11.1 Å². The molecular weight excluding hydrogens is 448 g/mol. The van der Waals surface area contributed by atoms with Crippen molar-refractivity contribution in [2.75, 3.05) is 23.3 Å². The van der Waals surface area contributed by atoms with Gasteiger partial charge in [-0.05, 0) is 55.7 Å². The van der Waals surface area contributed by atoms with E-state index >= 15 is 0 Å². The van der Waals surface area contributed by atoms with Crippen molar-refractivity contribution in [3.8, 4) is 0 Å². The van der Waals surface area contributed by atoms with Crippen molar-refractivity contribution >= 4 is 44.2 Å². The molecule has 1 fully saturated rings. The molecular formula is C22H23BrN4O3. The first kappa shape index (κ1) is 20.4. The number of aryl methyl sites for hydroxylation is 2. The number of hydrogen-bond acceptors (Lipinski definition) is 4. The van der Waals surface area contributed by atoms with Crippen LogP contribution in [0.1, 0.15) is 29.6 Å². The van der Waals surface area contributed by atoms with Crippen molar-refractivity contribution in [1.29, 1.82) is 0 Å². The molecule has 2 aromatic carbocycles. The second-order valence-corrected chi connectivity index (χ2v) is 8.51. The topological polar surface area (TPSA) is 76.3 Å². The molecule has 8 heteroatoms. The van der Waals surface area contributed by atoms with Gasteiger partial charge >= 0.3 is 11.1 Å². The molecule has 0 radical (unpaired) electrons. The molecule has 2 heterocycles. The Morgan fingerprint density at radius 1 is 0.900 bits per heavy atom. The van der Waals surface area contributed by atoms with Crippen molar-refractivity contribution in [2.24, 2.45) is 14.1 Å². The maximum absolute atomic E-state index is 12.9. The summed E-state index contributed by atoms with van der Waals surface area (Å²) in [5.41, 5.74) is 2.12. The lowest BCUT2D eigenvalue weighted by atomic mass is 10.1. The van der Waals surface area contributed by atoms with E-state index in [0.717, 1.165) is 36.1 Å². The predicted molar refractivity (Wildman–Crippen MR) is 123 cm³/mol. The summed E-state index contributed by atoms with van der Waals surface area (Å²) in [6.07, 6.45) is 3.33. The maximum Gasteiger partial charge on any atom is 0.316 e. The molecule has 0 saturated carbocycles. The Morgan fingerprint density at radius 3 is 2.07 bits per heavy atom. The van der Waals surface area contributed by atoms with E-state index in [4.69, 9.17) is 0 Å². The van der Waals surface area contributed by atoms with Crippen LogP contribution >= 0.6 is 15.9 Å². The zero-order valence-corrected chi connectivity index (χ0v) is 18.5. The number of piperidine rings is 1. The highest BCUT2D eigenvalue weighted by Crippen LogP contribution is 2.32. The Labute approximate surface area is 182 Å². The zero-order valence-electron chi connectivity index (χ0n) is 16.9. The number of nitrogens with zero attached hydrogens (tertiary/aromatic N) is 3. The van der Waals surface area contributed by atoms with Crippen LogP contribution in [0.4, 0.5) is 11.4 Å². The second-order valence-electron chi connectivity index (χ2n) is 7.60. The average Bonchev–Trinajstić information content (AvgIpc) is 2.77. The molecule has 7 nitrogen and oxygen atoms in total. The molecule has 0 aliphatic carbocycles. The van der Waals surface area contributed by atoms with Crippen molar-refractivity contribution in [3.63, 3.8) is 0 Å². The minimum absolute atomic E-state index is 0.227. The number of anilines is 2. The summed E-state index contributed by atoms with van der Waals surface area (Å²) in [7, 11) is 3.18. The number of halogens is 1. The van der Waals surface area contributed by atoms with Crippen LogP contribution in [0.2, 0.25) is 0 Å². The van der Waals surface area contributed by atoms with Gasteiger partial charge in [0.1, 0.15) is 0 Å². The Balaban J connectivity index is 1.87. The average molecular weight is 471 g/mol. The normalized spacial score (nSPS) is 14.2. The SMILES string of the molecule is Cn1c(=O)c(=O)n(C)c2cc(N3CCCCC3)c(NC(=O)c3ccc(Br)cc3)cc21. The van der Waals surface area contributed by atoms with E-state index in [-0.39, 0.29) is 5.91 Å². The molecule has 0 spiro atoms. The van der Waals surface area contributed by atoms with Gasteiger partial charge in [-0.3, -0.25) is 14.4 Å². The lowest BCUT2D eigenvalue weighted by Crippen LogP contribution is -2.39. The van der Waals surface area contributed by atoms with Gasteiger partial charge in [0.05, 0.1) is 22.4 Å². The number of rotatable bonds is 3. The minimum Gasteiger partial charge on any atom is -0.370 e. The highest BCUT2D eigenvalue weighted by Gasteiger charge is 2.20. The quantitative estimate of drug-likeness (QED) is 0.596. The standard InChI is InChI=1S/C22H23BrN4O3/c1-25-18-12-16(24-20(28)14-6-8-15(23)9-7-14)17(27-10-4-3-5-11-27)13-19(18)26(2)22(30)21(25)29/h6-9,12-13H,3-5,10-11H2,1-2H3,(H,24,28). The number of carbonyl (C=O) groups is 1. The lowest BCUT2D eigenvalue weighted by Gasteiger charge is -2.31. The lowest BCUT2D eigenvalue weighted by molar-refractivity contribution is 0.102. The van der Waals surface area contributed by atoms with Gasteiger partial charge in [-0.15, -0.1) is 0 Å². The fourth-order valence-corrected chi connectivity index (χ4v) is 4.17. The Bertz CT molecular complexity index is 1240. The van der Waals surface area contributed by atoms with Crippen LogP contribution in [0.3, 0.4) is 0 Å².